The number of carbonyl (C=O) groups excluding carboxylic acids is 1. The van der Waals surface area contributed by atoms with Gasteiger partial charge >= 0.3 is 22.2 Å². The van der Waals surface area contributed by atoms with Crippen LogP contribution in [0, 0.1) is 5.92 Å². The van der Waals surface area contributed by atoms with Gasteiger partial charge in [0.1, 0.15) is 6.04 Å². The molecule has 20 heavy (non-hydrogen) atoms. The normalized spacial score (nSPS) is 20.9. The lowest BCUT2D eigenvalue weighted by Gasteiger charge is -2.24. The van der Waals surface area contributed by atoms with E-state index in [0.29, 0.717) is 0 Å². The maximum Gasteiger partial charge on any atom is 0.326 e. The van der Waals surface area contributed by atoms with Crippen LogP contribution in [-0.4, -0.2) is 59.7 Å². The highest BCUT2D eigenvalue weighted by molar-refractivity contribution is 7.86. The first-order chi connectivity index (χ1) is 9.10. The monoisotopic (exact) mass is 311 g/mol. The number of aliphatic carboxylic acids is 2. The highest BCUT2D eigenvalue weighted by Gasteiger charge is 2.39. The average molecular weight is 311 g/mol. The maximum atomic E-state index is 12.6. The number of rotatable bonds is 7. The fraction of sp³-hybridized carbons (Fsp3) is 0.700. The van der Waals surface area contributed by atoms with Gasteiger partial charge in [-0.3, -0.25) is 9.59 Å². The van der Waals surface area contributed by atoms with Crippen molar-refractivity contribution in [1.82, 2.24) is 4.90 Å². The van der Waals surface area contributed by atoms with Crippen molar-refractivity contribution >= 4 is 28.1 Å². The summed E-state index contributed by atoms with van der Waals surface area (Å²) in [5.41, 5.74) is 0. The predicted molar refractivity (Wildman–Crippen MR) is 63.0 cm³/mol. The highest BCUT2D eigenvalue weighted by atomic mass is 32.3. The molecule has 1 amide bonds. The van der Waals surface area contributed by atoms with Crippen LogP contribution in [0.3, 0.4) is 0 Å². The molecule has 8 nitrogen and oxygen atoms in total. The zero-order valence-electron chi connectivity index (χ0n) is 10.4. The molecule has 10 heteroatoms. The Morgan fingerprint density at radius 2 is 2.00 bits per heavy atom. The minimum atomic E-state index is -4.75. The van der Waals surface area contributed by atoms with Gasteiger partial charge in [-0.1, -0.05) is 0 Å². The molecule has 2 N–H and O–H groups in total. The van der Waals surface area contributed by atoms with Crippen LogP contribution in [0.15, 0.2) is 0 Å². The van der Waals surface area contributed by atoms with Crippen LogP contribution in [0.5, 0.6) is 0 Å². The summed E-state index contributed by atoms with van der Waals surface area (Å²) < 4.78 is 33.6. The van der Waals surface area contributed by atoms with E-state index in [1.165, 1.54) is 0 Å². The molecule has 114 valence electrons. The van der Waals surface area contributed by atoms with E-state index in [9.17, 15) is 26.7 Å². The molecule has 1 aliphatic heterocycles. The molecule has 1 saturated heterocycles. The van der Waals surface area contributed by atoms with Crippen molar-refractivity contribution in [2.75, 3.05) is 12.3 Å². The fourth-order valence-corrected chi connectivity index (χ4v) is 2.96. The summed E-state index contributed by atoms with van der Waals surface area (Å²) in [6.45, 7) is -0.210. The maximum absolute atomic E-state index is 12.6. The third-order valence-corrected chi connectivity index (χ3v) is 3.84. The van der Waals surface area contributed by atoms with Crippen LogP contribution in [0.1, 0.15) is 19.3 Å². The molecular weight excluding hydrogens is 297 g/mol. The van der Waals surface area contributed by atoms with Gasteiger partial charge in [-0.2, -0.15) is 8.42 Å². The van der Waals surface area contributed by atoms with E-state index < -0.39 is 52.2 Å². The summed E-state index contributed by atoms with van der Waals surface area (Å²) >= 11 is 0. The SMILES string of the molecule is O=C(O)CC[C@@H](C(=O)O)N1CC(CS(=O)(=O)F)CC1=O. The minimum absolute atomic E-state index is 0.210. The lowest BCUT2D eigenvalue weighted by atomic mass is 10.1. The summed E-state index contributed by atoms with van der Waals surface area (Å²) in [6, 6.07) is -1.34. The molecule has 0 bridgehead atoms. The Labute approximate surface area is 114 Å². The number of hydrogen-bond acceptors (Lipinski definition) is 5. The molecule has 1 rings (SSSR count). The lowest BCUT2D eigenvalue weighted by molar-refractivity contribution is -0.149. The molecule has 1 unspecified atom stereocenters. The Hall–Kier alpha value is -1.71. The van der Waals surface area contributed by atoms with Crippen LogP contribution in [0.2, 0.25) is 0 Å². The van der Waals surface area contributed by atoms with Crippen molar-refractivity contribution in [3.63, 3.8) is 0 Å². The summed E-state index contributed by atoms with van der Waals surface area (Å²) in [5.74, 6) is -4.85. The Balaban J connectivity index is 2.75. The second kappa shape index (κ2) is 6.16. The van der Waals surface area contributed by atoms with E-state index >= 15 is 0 Å². The van der Waals surface area contributed by atoms with Crippen LogP contribution in [0.25, 0.3) is 0 Å². The number of halogens is 1. The van der Waals surface area contributed by atoms with Crippen LogP contribution in [0.4, 0.5) is 3.89 Å². The third-order valence-electron chi connectivity index (χ3n) is 2.97. The minimum Gasteiger partial charge on any atom is -0.481 e. The fourth-order valence-electron chi connectivity index (χ4n) is 2.18. The van der Waals surface area contributed by atoms with E-state index in [1.54, 1.807) is 0 Å². The first-order valence-corrected chi connectivity index (χ1v) is 7.32. The highest BCUT2D eigenvalue weighted by Crippen LogP contribution is 2.24. The van der Waals surface area contributed by atoms with E-state index in [0.717, 1.165) is 4.90 Å². The number of amides is 1. The van der Waals surface area contributed by atoms with Gasteiger partial charge in [0, 0.05) is 25.3 Å². The molecular formula is C10H14FNO7S. The topological polar surface area (TPSA) is 129 Å². The van der Waals surface area contributed by atoms with Crippen LogP contribution >= 0.6 is 0 Å². The smallest absolute Gasteiger partial charge is 0.326 e. The molecule has 1 aliphatic rings. The summed E-state index contributed by atoms with van der Waals surface area (Å²) in [4.78, 5) is 34.1. The number of carbonyl (C=O) groups is 3. The molecule has 0 saturated carbocycles. The molecule has 1 fully saturated rings. The second-order valence-corrected chi connectivity index (χ2v) is 6.02. The van der Waals surface area contributed by atoms with Gasteiger partial charge in [0.15, 0.2) is 0 Å². The molecule has 0 spiro atoms. The van der Waals surface area contributed by atoms with E-state index in [-0.39, 0.29) is 19.4 Å². The largest absolute Gasteiger partial charge is 0.481 e. The molecule has 0 aromatic carbocycles. The van der Waals surface area contributed by atoms with Gasteiger partial charge in [-0.05, 0) is 6.42 Å². The van der Waals surface area contributed by atoms with Crippen molar-refractivity contribution < 1.29 is 36.9 Å². The standard InChI is InChI=1S/C10H14FNO7S/c11-20(18,19)5-6-3-8(13)12(4-6)7(10(16)17)1-2-9(14)15/h6-7H,1-5H2,(H,14,15)(H,16,17)/t6?,7-/m0/s1. The number of hydrogen-bond donors (Lipinski definition) is 2. The number of carboxylic acids is 2. The van der Waals surface area contributed by atoms with Crippen molar-refractivity contribution in [3.05, 3.63) is 0 Å². The Morgan fingerprint density at radius 3 is 2.45 bits per heavy atom. The van der Waals surface area contributed by atoms with Crippen molar-refractivity contribution in [2.45, 2.75) is 25.3 Å². The number of nitrogens with zero attached hydrogens (tertiary/aromatic N) is 1. The lowest BCUT2D eigenvalue weighted by Crippen LogP contribution is -2.42. The first kappa shape index (κ1) is 16.3. The van der Waals surface area contributed by atoms with Gasteiger partial charge in [0.2, 0.25) is 5.91 Å². The quantitative estimate of drug-likeness (QED) is 0.603. The van der Waals surface area contributed by atoms with E-state index in [4.69, 9.17) is 10.2 Å². The van der Waals surface area contributed by atoms with Crippen molar-refractivity contribution in [3.8, 4) is 0 Å². The number of carboxylic acid groups (broad SMARTS) is 2. The third kappa shape index (κ3) is 4.76. The predicted octanol–water partition coefficient (Wildman–Crippen LogP) is -0.548. The average Bonchev–Trinajstić information content (AvgIpc) is 2.56. The van der Waals surface area contributed by atoms with Gasteiger partial charge in [0.25, 0.3) is 0 Å². The molecule has 0 radical (unpaired) electrons. The summed E-state index contributed by atoms with van der Waals surface area (Å²) in [7, 11) is -4.75. The van der Waals surface area contributed by atoms with E-state index in [1.807, 2.05) is 0 Å². The Morgan fingerprint density at radius 1 is 1.40 bits per heavy atom. The van der Waals surface area contributed by atoms with Gasteiger partial charge < -0.3 is 15.1 Å². The molecule has 0 aromatic rings. The van der Waals surface area contributed by atoms with E-state index in [2.05, 4.69) is 0 Å². The zero-order valence-corrected chi connectivity index (χ0v) is 11.2. The van der Waals surface area contributed by atoms with Gasteiger partial charge in [-0.25, -0.2) is 4.79 Å². The second-order valence-electron chi connectivity index (χ2n) is 4.61. The summed E-state index contributed by atoms with van der Waals surface area (Å²) in [5, 5.41) is 17.5. The Bertz CT molecular complexity index is 518. The summed E-state index contributed by atoms with van der Waals surface area (Å²) in [6.07, 6.45) is -0.988. The molecule has 2 atom stereocenters. The zero-order chi connectivity index (χ0) is 15.5. The molecule has 0 aromatic heterocycles. The first-order valence-electron chi connectivity index (χ1n) is 5.76. The van der Waals surface area contributed by atoms with Gasteiger partial charge in [-0.15, -0.1) is 3.89 Å². The molecule has 0 aliphatic carbocycles. The van der Waals surface area contributed by atoms with Crippen LogP contribution in [-0.2, 0) is 24.6 Å². The van der Waals surface area contributed by atoms with Crippen molar-refractivity contribution in [2.24, 2.45) is 5.92 Å². The van der Waals surface area contributed by atoms with Crippen molar-refractivity contribution in [1.29, 1.82) is 0 Å². The molecule has 1 heterocycles. The number of likely N-dealkylation sites (tertiary alicyclic amines) is 1. The van der Waals surface area contributed by atoms with Crippen LogP contribution < -0.4 is 0 Å². The Kier molecular flexibility index (Phi) is 5.03. The van der Waals surface area contributed by atoms with Gasteiger partial charge in [0.05, 0.1) is 5.75 Å².